The van der Waals surface area contributed by atoms with Gasteiger partial charge in [0.05, 0.1) is 0 Å². The number of rotatable bonds is 4. The molecule has 3 nitrogen and oxygen atoms in total. The van der Waals surface area contributed by atoms with E-state index in [4.69, 9.17) is 0 Å². The number of nitrogens with one attached hydrogen (secondary N) is 1. The van der Waals surface area contributed by atoms with Crippen LogP contribution in [0.3, 0.4) is 0 Å². The summed E-state index contributed by atoms with van der Waals surface area (Å²) >= 11 is 0. The maximum absolute atomic E-state index is 4.53. The first-order valence-corrected chi connectivity index (χ1v) is 6.89. The molecule has 0 atom stereocenters. The van der Waals surface area contributed by atoms with Gasteiger partial charge in [0, 0.05) is 25.0 Å². The van der Waals surface area contributed by atoms with Gasteiger partial charge in [0.2, 0.25) is 0 Å². The summed E-state index contributed by atoms with van der Waals surface area (Å²) < 4.78 is 0. The summed E-state index contributed by atoms with van der Waals surface area (Å²) in [5.74, 6) is 1.06. The molecule has 3 heteroatoms. The molecule has 1 aliphatic rings. The highest BCUT2D eigenvalue weighted by Gasteiger charge is 2.20. The lowest BCUT2D eigenvalue weighted by Gasteiger charge is -2.19. The van der Waals surface area contributed by atoms with Crippen molar-refractivity contribution in [2.75, 3.05) is 18.0 Å². The largest absolute Gasteiger partial charge is 0.326 e. The number of para-hydroxylation sites is 1. The molecule has 1 N–H and O–H groups in total. The van der Waals surface area contributed by atoms with Gasteiger partial charge in [0.25, 0.3) is 0 Å². The van der Waals surface area contributed by atoms with Crippen molar-refractivity contribution in [2.24, 2.45) is 0 Å². The van der Waals surface area contributed by atoms with Crippen LogP contribution in [0.2, 0.25) is 0 Å². The van der Waals surface area contributed by atoms with Crippen molar-refractivity contribution >= 4 is 11.5 Å². The Kier molecular flexibility index (Phi) is 3.47. The molecule has 0 bridgehead atoms. The van der Waals surface area contributed by atoms with Crippen molar-refractivity contribution in [3.63, 3.8) is 0 Å². The van der Waals surface area contributed by atoms with Crippen LogP contribution in [0.25, 0.3) is 0 Å². The standard InChI is InChI=1S/C16H19N3/c1-2-17-12-13-7-9-18-16(11-13)19-10-8-14-5-3-4-6-15(14)19/h3-7,9,11,17H,2,8,10,12H2,1H3. The molecule has 2 heterocycles. The summed E-state index contributed by atoms with van der Waals surface area (Å²) in [6.07, 6.45) is 3.01. The number of aromatic nitrogens is 1. The lowest BCUT2D eigenvalue weighted by molar-refractivity contribution is 0.725. The topological polar surface area (TPSA) is 28.2 Å². The zero-order valence-corrected chi connectivity index (χ0v) is 11.3. The second kappa shape index (κ2) is 5.41. The van der Waals surface area contributed by atoms with Gasteiger partial charge in [-0.3, -0.25) is 0 Å². The van der Waals surface area contributed by atoms with E-state index in [2.05, 4.69) is 58.5 Å². The Morgan fingerprint density at radius 2 is 2.16 bits per heavy atom. The average molecular weight is 253 g/mol. The molecular formula is C16H19N3. The number of hydrogen-bond donors (Lipinski definition) is 1. The quantitative estimate of drug-likeness (QED) is 0.908. The molecule has 0 spiro atoms. The highest BCUT2D eigenvalue weighted by molar-refractivity contribution is 5.67. The third-order valence-corrected chi connectivity index (χ3v) is 3.55. The number of hydrogen-bond acceptors (Lipinski definition) is 3. The van der Waals surface area contributed by atoms with E-state index in [1.807, 2.05) is 6.20 Å². The van der Waals surface area contributed by atoms with Gasteiger partial charge < -0.3 is 10.2 Å². The molecule has 98 valence electrons. The fraction of sp³-hybridized carbons (Fsp3) is 0.312. The normalized spacial score (nSPS) is 13.6. The summed E-state index contributed by atoms with van der Waals surface area (Å²) in [4.78, 5) is 6.84. The molecule has 0 unspecified atom stereocenters. The minimum Gasteiger partial charge on any atom is -0.326 e. The van der Waals surface area contributed by atoms with Gasteiger partial charge in [0.1, 0.15) is 5.82 Å². The maximum atomic E-state index is 4.53. The minimum absolute atomic E-state index is 0.904. The Balaban J connectivity index is 1.87. The lowest BCUT2D eigenvalue weighted by atomic mass is 10.2. The maximum Gasteiger partial charge on any atom is 0.133 e. The third-order valence-electron chi connectivity index (χ3n) is 3.55. The summed E-state index contributed by atoms with van der Waals surface area (Å²) in [5, 5.41) is 3.36. The number of fused-ring (bicyclic) bond motifs is 1. The van der Waals surface area contributed by atoms with Crippen molar-refractivity contribution in [1.29, 1.82) is 0 Å². The Hall–Kier alpha value is -1.87. The molecule has 0 radical (unpaired) electrons. The molecule has 19 heavy (non-hydrogen) atoms. The van der Waals surface area contributed by atoms with E-state index in [9.17, 15) is 0 Å². The van der Waals surface area contributed by atoms with Crippen molar-refractivity contribution in [3.8, 4) is 0 Å². The van der Waals surface area contributed by atoms with Crippen LogP contribution in [0, 0.1) is 0 Å². The van der Waals surface area contributed by atoms with Crippen LogP contribution in [0.4, 0.5) is 11.5 Å². The van der Waals surface area contributed by atoms with E-state index in [0.717, 1.165) is 31.9 Å². The van der Waals surface area contributed by atoms with Gasteiger partial charge in [0.15, 0.2) is 0 Å². The van der Waals surface area contributed by atoms with E-state index in [0.29, 0.717) is 0 Å². The van der Waals surface area contributed by atoms with Gasteiger partial charge >= 0.3 is 0 Å². The van der Waals surface area contributed by atoms with Gasteiger partial charge in [-0.2, -0.15) is 0 Å². The van der Waals surface area contributed by atoms with Crippen LogP contribution in [0.1, 0.15) is 18.1 Å². The molecule has 0 aliphatic carbocycles. The number of pyridine rings is 1. The Morgan fingerprint density at radius 3 is 3.05 bits per heavy atom. The first kappa shape index (κ1) is 12.2. The van der Waals surface area contributed by atoms with Gasteiger partial charge in [-0.25, -0.2) is 4.98 Å². The van der Waals surface area contributed by atoms with Crippen molar-refractivity contribution in [3.05, 3.63) is 53.7 Å². The van der Waals surface area contributed by atoms with Crippen LogP contribution >= 0.6 is 0 Å². The smallest absolute Gasteiger partial charge is 0.133 e. The van der Waals surface area contributed by atoms with E-state index in [-0.39, 0.29) is 0 Å². The summed E-state index contributed by atoms with van der Waals surface area (Å²) in [6.45, 7) is 5.04. The second-order valence-electron chi connectivity index (χ2n) is 4.83. The van der Waals surface area contributed by atoms with Gasteiger partial charge in [-0.15, -0.1) is 0 Å². The predicted molar refractivity (Wildman–Crippen MR) is 78.8 cm³/mol. The van der Waals surface area contributed by atoms with Crippen molar-refractivity contribution in [1.82, 2.24) is 10.3 Å². The monoisotopic (exact) mass is 253 g/mol. The Bertz CT molecular complexity index is 565. The van der Waals surface area contributed by atoms with Crippen molar-refractivity contribution < 1.29 is 0 Å². The average Bonchev–Trinajstić information content (AvgIpc) is 2.89. The van der Waals surface area contributed by atoms with Crippen LogP contribution in [0.15, 0.2) is 42.6 Å². The third kappa shape index (κ3) is 2.47. The molecule has 0 amide bonds. The Labute approximate surface area is 114 Å². The fourth-order valence-electron chi connectivity index (χ4n) is 2.56. The molecular weight excluding hydrogens is 234 g/mol. The molecule has 2 aromatic rings. The van der Waals surface area contributed by atoms with E-state index in [1.165, 1.54) is 16.8 Å². The number of nitrogens with zero attached hydrogens (tertiary/aromatic N) is 2. The lowest BCUT2D eigenvalue weighted by Crippen LogP contribution is -2.16. The molecule has 0 saturated heterocycles. The van der Waals surface area contributed by atoms with Crippen LogP contribution < -0.4 is 10.2 Å². The first-order valence-electron chi connectivity index (χ1n) is 6.89. The number of benzene rings is 1. The highest BCUT2D eigenvalue weighted by Crippen LogP contribution is 2.33. The molecule has 1 aromatic heterocycles. The Morgan fingerprint density at radius 1 is 1.26 bits per heavy atom. The van der Waals surface area contributed by atoms with E-state index < -0.39 is 0 Å². The molecule has 3 rings (SSSR count). The molecule has 0 saturated carbocycles. The predicted octanol–water partition coefficient (Wildman–Crippen LogP) is 2.89. The second-order valence-corrected chi connectivity index (χ2v) is 4.83. The molecule has 0 fully saturated rings. The zero-order chi connectivity index (χ0) is 13.1. The summed E-state index contributed by atoms with van der Waals surface area (Å²) in [6, 6.07) is 12.9. The molecule has 1 aliphatic heterocycles. The van der Waals surface area contributed by atoms with Gasteiger partial charge in [-0.1, -0.05) is 25.1 Å². The van der Waals surface area contributed by atoms with Crippen molar-refractivity contribution in [2.45, 2.75) is 19.9 Å². The summed E-state index contributed by atoms with van der Waals surface area (Å²) in [7, 11) is 0. The van der Waals surface area contributed by atoms with Crippen LogP contribution in [0.5, 0.6) is 0 Å². The van der Waals surface area contributed by atoms with Crippen LogP contribution in [-0.2, 0) is 13.0 Å². The highest BCUT2D eigenvalue weighted by atomic mass is 15.2. The zero-order valence-electron chi connectivity index (χ0n) is 11.3. The van der Waals surface area contributed by atoms with Gasteiger partial charge in [-0.05, 0) is 42.3 Å². The molecule has 1 aromatic carbocycles. The van der Waals surface area contributed by atoms with Crippen LogP contribution in [-0.4, -0.2) is 18.1 Å². The number of anilines is 2. The SMILES string of the molecule is CCNCc1ccnc(N2CCc3ccccc32)c1. The first-order chi connectivity index (χ1) is 9.38. The van der Waals surface area contributed by atoms with E-state index in [1.54, 1.807) is 0 Å². The summed E-state index contributed by atoms with van der Waals surface area (Å²) in [5.41, 5.74) is 4.01. The minimum atomic E-state index is 0.904. The van der Waals surface area contributed by atoms with E-state index >= 15 is 0 Å². The fourth-order valence-corrected chi connectivity index (χ4v) is 2.56.